The second kappa shape index (κ2) is 5.18. The Labute approximate surface area is 127 Å². The van der Waals surface area contributed by atoms with Crippen LogP contribution >= 0.6 is 0 Å². The van der Waals surface area contributed by atoms with Crippen LogP contribution in [0.25, 0.3) is 0 Å². The van der Waals surface area contributed by atoms with Gasteiger partial charge in [-0.1, -0.05) is 23.8 Å². The molecule has 3 aliphatic rings. The predicted molar refractivity (Wildman–Crippen MR) is 75.9 cm³/mol. The van der Waals surface area contributed by atoms with Gasteiger partial charge in [0.15, 0.2) is 6.23 Å². The molecule has 2 saturated heterocycles. The summed E-state index contributed by atoms with van der Waals surface area (Å²) in [4.78, 5) is 29.6. The van der Waals surface area contributed by atoms with Crippen molar-refractivity contribution in [2.45, 2.75) is 18.2 Å². The standard InChI is InChI=1S/C14H18N4O4/c15-12(19)7-17-8-14(10-3-1-2-4-11(10)17)9-18(22-14)13-5-6-20-16-21-13/h1-4,13,16H,5-9H2,(H2,15,19). The molecule has 1 amide bonds. The Morgan fingerprint density at radius 2 is 2.23 bits per heavy atom. The third-order valence-corrected chi connectivity index (χ3v) is 4.26. The summed E-state index contributed by atoms with van der Waals surface area (Å²) in [5.74, 6) is -0.347. The second-order valence-corrected chi connectivity index (χ2v) is 5.79. The molecule has 2 fully saturated rings. The van der Waals surface area contributed by atoms with Crippen molar-refractivity contribution < 1.29 is 19.3 Å². The molecule has 2 unspecified atom stereocenters. The van der Waals surface area contributed by atoms with Crippen molar-refractivity contribution in [3.63, 3.8) is 0 Å². The third-order valence-electron chi connectivity index (χ3n) is 4.26. The minimum atomic E-state index is -0.423. The van der Waals surface area contributed by atoms with Gasteiger partial charge in [-0.25, -0.2) is 0 Å². The van der Waals surface area contributed by atoms with E-state index in [0.717, 1.165) is 17.7 Å². The number of rotatable bonds is 3. The average molecular weight is 306 g/mol. The number of fused-ring (bicyclic) bond motifs is 2. The van der Waals surface area contributed by atoms with E-state index in [4.69, 9.17) is 20.2 Å². The van der Waals surface area contributed by atoms with Crippen molar-refractivity contribution in [3.05, 3.63) is 29.8 Å². The summed E-state index contributed by atoms with van der Waals surface area (Å²) in [6, 6.07) is 7.96. The van der Waals surface area contributed by atoms with E-state index in [2.05, 4.69) is 5.64 Å². The lowest BCUT2D eigenvalue weighted by atomic mass is 9.93. The van der Waals surface area contributed by atoms with E-state index < -0.39 is 5.60 Å². The number of nitrogens with zero attached hydrogens (tertiary/aromatic N) is 2. The first-order valence-electron chi connectivity index (χ1n) is 7.29. The summed E-state index contributed by atoms with van der Waals surface area (Å²) in [6.45, 7) is 2.08. The number of para-hydroxylation sites is 1. The van der Waals surface area contributed by atoms with Gasteiger partial charge in [0.1, 0.15) is 5.60 Å². The van der Waals surface area contributed by atoms with Crippen molar-refractivity contribution in [2.24, 2.45) is 5.73 Å². The fraction of sp³-hybridized carbons (Fsp3) is 0.500. The van der Waals surface area contributed by atoms with E-state index in [1.807, 2.05) is 29.2 Å². The SMILES string of the molecule is NC(=O)CN1CC2(CN(C3CCONO3)O2)c2ccccc21. The number of benzene rings is 1. The van der Waals surface area contributed by atoms with Crippen LogP contribution in [0.4, 0.5) is 5.69 Å². The first kappa shape index (κ1) is 13.9. The molecule has 0 aromatic heterocycles. The van der Waals surface area contributed by atoms with Gasteiger partial charge in [-0.3, -0.25) is 19.3 Å². The van der Waals surface area contributed by atoms with Crippen LogP contribution in [-0.4, -0.2) is 43.4 Å². The van der Waals surface area contributed by atoms with E-state index in [-0.39, 0.29) is 18.7 Å². The highest BCUT2D eigenvalue weighted by atomic mass is 16.9. The Kier molecular flexibility index (Phi) is 3.28. The molecule has 8 nitrogen and oxygen atoms in total. The lowest BCUT2D eigenvalue weighted by Gasteiger charge is -2.50. The van der Waals surface area contributed by atoms with E-state index >= 15 is 0 Å². The minimum Gasteiger partial charge on any atom is -0.368 e. The summed E-state index contributed by atoms with van der Waals surface area (Å²) < 4.78 is 0. The zero-order chi connectivity index (χ0) is 15.2. The van der Waals surface area contributed by atoms with Gasteiger partial charge >= 0.3 is 0 Å². The summed E-state index contributed by atoms with van der Waals surface area (Å²) in [6.07, 6.45) is 0.562. The number of amides is 1. The van der Waals surface area contributed by atoms with Gasteiger partial charge in [0.25, 0.3) is 0 Å². The first-order chi connectivity index (χ1) is 10.7. The highest BCUT2D eigenvalue weighted by molar-refractivity contribution is 5.81. The summed E-state index contributed by atoms with van der Waals surface area (Å²) >= 11 is 0. The highest BCUT2D eigenvalue weighted by Gasteiger charge is 2.55. The zero-order valence-electron chi connectivity index (χ0n) is 12.0. The molecule has 8 heteroatoms. The van der Waals surface area contributed by atoms with E-state index in [9.17, 15) is 4.79 Å². The molecule has 3 heterocycles. The van der Waals surface area contributed by atoms with Crippen LogP contribution in [0.5, 0.6) is 0 Å². The quantitative estimate of drug-likeness (QED) is 0.786. The Morgan fingerprint density at radius 1 is 1.41 bits per heavy atom. The molecular formula is C14H18N4O4. The summed E-state index contributed by atoms with van der Waals surface area (Å²) in [5.41, 5.74) is 9.45. The number of hydrogen-bond acceptors (Lipinski definition) is 7. The van der Waals surface area contributed by atoms with Crippen LogP contribution < -0.4 is 16.3 Å². The molecule has 0 bridgehead atoms. The molecule has 4 rings (SSSR count). The Hall–Kier alpha value is -1.71. The molecule has 0 saturated carbocycles. The maximum atomic E-state index is 11.3. The maximum Gasteiger partial charge on any atom is 0.236 e. The number of primary amides is 1. The Bertz CT molecular complexity index is 584. The summed E-state index contributed by atoms with van der Waals surface area (Å²) in [5, 5.41) is 1.81. The number of carbonyl (C=O) groups excluding carboxylic acids is 1. The Morgan fingerprint density at radius 3 is 2.95 bits per heavy atom. The van der Waals surface area contributed by atoms with Gasteiger partial charge < -0.3 is 10.6 Å². The number of anilines is 1. The molecule has 2 atom stereocenters. The van der Waals surface area contributed by atoms with E-state index in [1.54, 1.807) is 5.06 Å². The van der Waals surface area contributed by atoms with Crippen LogP contribution in [0.3, 0.4) is 0 Å². The number of nitrogens with one attached hydrogen (secondary N) is 1. The van der Waals surface area contributed by atoms with Crippen LogP contribution in [-0.2, 0) is 24.9 Å². The largest absolute Gasteiger partial charge is 0.368 e. The van der Waals surface area contributed by atoms with Gasteiger partial charge in [-0.2, -0.15) is 5.06 Å². The van der Waals surface area contributed by atoms with Gasteiger partial charge in [0, 0.05) is 17.7 Å². The summed E-state index contributed by atoms with van der Waals surface area (Å²) in [7, 11) is 0. The zero-order valence-corrected chi connectivity index (χ0v) is 12.0. The van der Waals surface area contributed by atoms with Crippen molar-refractivity contribution >= 4 is 11.6 Å². The number of hydroxylamine groups is 2. The molecule has 1 spiro atoms. The fourth-order valence-electron chi connectivity index (χ4n) is 3.34. The van der Waals surface area contributed by atoms with Crippen LogP contribution in [0.15, 0.2) is 24.3 Å². The maximum absolute atomic E-state index is 11.3. The fourth-order valence-corrected chi connectivity index (χ4v) is 3.34. The molecule has 1 aromatic rings. The minimum absolute atomic E-state index is 0.170. The molecule has 0 aliphatic carbocycles. The van der Waals surface area contributed by atoms with Gasteiger partial charge in [-0.05, 0) is 6.07 Å². The highest BCUT2D eigenvalue weighted by Crippen LogP contribution is 2.48. The molecule has 3 N–H and O–H groups in total. The van der Waals surface area contributed by atoms with Crippen LogP contribution in [0.1, 0.15) is 12.0 Å². The normalized spacial score (nSPS) is 31.1. The second-order valence-electron chi connectivity index (χ2n) is 5.79. The van der Waals surface area contributed by atoms with Crippen molar-refractivity contribution in [3.8, 4) is 0 Å². The lowest BCUT2D eigenvalue weighted by molar-refractivity contribution is -0.432. The Balaban J connectivity index is 1.53. The predicted octanol–water partition coefficient (Wildman–Crippen LogP) is -0.383. The third kappa shape index (κ3) is 2.16. The van der Waals surface area contributed by atoms with Crippen molar-refractivity contribution in [1.29, 1.82) is 0 Å². The lowest BCUT2D eigenvalue weighted by Crippen LogP contribution is -2.64. The van der Waals surface area contributed by atoms with E-state index in [0.29, 0.717) is 19.7 Å². The van der Waals surface area contributed by atoms with Crippen molar-refractivity contribution in [1.82, 2.24) is 10.7 Å². The molecule has 118 valence electrons. The van der Waals surface area contributed by atoms with Crippen LogP contribution in [0, 0.1) is 0 Å². The average Bonchev–Trinajstić information content (AvgIpc) is 2.81. The van der Waals surface area contributed by atoms with Gasteiger partial charge in [-0.15, -0.1) is 0 Å². The molecule has 22 heavy (non-hydrogen) atoms. The first-order valence-corrected chi connectivity index (χ1v) is 7.29. The molecular weight excluding hydrogens is 288 g/mol. The molecule has 0 radical (unpaired) electrons. The van der Waals surface area contributed by atoms with Gasteiger partial charge in [0.2, 0.25) is 5.91 Å². The molecule has 1 aromatic carbocycles. The molecule has 3 aliphatic heterocycles. The van der Waals surface area contributed by atoms with Gasteiger partial charge in [0.05, 0.1) is 26.2 Å². The topological polar surface area (TPSA) is 89.3 Å². The smallest absolute Gasteiger partial charge is 0.236 e. The number of nitrogens with two attached hydrogens (primary N) is 1. The number of carbonyl (C=O) groups is 1. The monoisotopic (exact) mass is 306 g/mol. The van der Waals surface area contributed by atoms with E-state index in [1.165, 1.54) is 0 Å². The van der Waals surface area contributed by atoms with Crippen LogP contribution in [0.2, 0.25) is 0 Å². The van der Waals surface area contributed by atoms with Crippen molar-refractivity contribution in [2.75, 3.05) is 31.1 Å². The number of hydrogen-bond donors (Lipinski definition) is 2.